The first kappa shape index (κ1) is 9.30. The maximum atomic E-state index is 10.3. The summed E-state index contributed by atoms with van der Waals surface area (Å²) in [6.45, 7) is 0.974. The molecule has 0 aromatic heterocycles. The Bertz CT molecular complexity index is 237. The Morgan fingerprint density at radius 3 is 2.36 bits per heavy atom. The minimum atomic E-state index is -1.23. The molecule has 5 heteroatoms. The maximum Gasteiger partial charge on any atom is 0.381 e. The molecule has 0 rings (SSSR count). The van der Waals surface area contributed by atoms with Crippen LogP contribution in [0, 0.1) is 11.3 Å². The molecule has 0 heterocycles. The molecule has 0 N–H and O–H groups in total. The van der Waals surface area contributed by atoms with Gasteiger partial charge in [-0.25, -0.2) is 4.79 Å². The number of ether oxygens (including phenoxy) is 1. The zero-order chi connectivity index (χ0) is 8.85. The smallest absolute Gasteiger partial charge is 0.381 e. The van der Waals surface area contributed by atoms with Crippen molar-refractivity contribution in [3.8, 4) is 6.07 Å². The Morgan fingerprint density at radius 1 is 1.45 bits per heavy atom. The molecule has 58 valence electrons. The normalized spacial score (nSPS) is 8.00. The lowest BCUT2D eigenvalue weighted by Gasteiger charge is -1.93. The quantitative estimate of drug-likeness (QED) is 0.306. The van der Waals surface area contributed by atoms with Crippen LogP contribution in [0.25, 0.3) is 0 Å². The zero-order valence-electron chi connectivity index (χ0n) is 5.79. The Balaban J connectivity index is 3.88. The minimum Gasteiger partial charge on any atom is -0.386 e. The van der Waals surface area contributed by atoms with Gasteiger partial charge < -0.3 is 4.74 Å². The van der Waals surface area contributed by atoms with E-state index in [1.807, 2.05) is 0 Å². The van der Waals surface area contributed by atoms with Crippen molar-refractivity contribution in [2.45, 2.75) is 13.3 Å². The SMILES string of the molecule is CC(=O)C(=O)OC(=O)CC#N. The molecule has 11 heavy (non-hydrogen) atoms. The predicted molar refractivity (Wildman–Crippen MR) is 32.0 cm³/mol. The summed E-state index contributed by atoms with van der Waals surface area (Å²) in [6, 6.07) is 1.47. The van der Waals surface area contributed by atoms with Crippen molar-refractivity contribution in [1.82, 2.24) is 0 Å². The molecule has 0 unspecified atom stereocenters. The monoisotopic (exact) mass is 155 g/mol. The standard InChI is InChI=1S/C6H5NO4/c1-4(8)6(10)11-5(9)2-3-7/h2H2,1H3. The van der Waals surface area contributed by atoms with Crippen LogP contribution in [0.1, 0.15) is 13.3 Å². The van der Waals surface area contributed by atoms with E-state index in [0.717, 1.165) is 6.92 Å². The van der Waals surface area contributed by atoms with E-state index in [9.17, 15) is 14.4 Å². The van der Waals surface area contributed by atoms with Crippen LogP contribution in [-0.2, 0) is 19.1 Å². The molecule has 0 atom stereocenters. The molecule has 0 saturated heterocycles. The van der Waals surface area contributed by atoms with Gasteiger partial charge in [0.2, 0.25) is 5.78 Å². The summed E-state index contributed by atoms with van der Waals surface area (Å²) in [5, 5.41) is 7.94. The fraction of sp³-hybridized carbons (Fsp3) is 0.333. The molecule has 0 aliphatic heterocycles. The van der Waals surface area contributed by atoms with Gasteiger partial charge in [-0.2, -0.15) is 5.26 Å². The van der Waals surface area contributed by atoms with E-state index in [-0.39, 0.29) is 0 Å². The average Bonchev–Trinajstić information content (AvgIpc) is 1.87. The number of nitrogens with zero attached hydrogens (tertiary/aromatic N) is 1. The third-order valence-electron chi connectivity index (χ3n) is 0.717. The van der Waals surface area contributed by atoms with Gasteiger partial charge in [0, 0.05) is 6.92 Å². The van der Waals surface area contributed by atoms with Crippen LogP contribution in [0.4, 0.5) is 0 Å². The number of hydrogen-bond donors (Lipinski definition) is 0. The van der Waals surface area contributed by atoms with E-state index in [4.69, 9.17) is 5.26 Å². The van der Waals surface area contributed by atoms with Gasteiger partial charge in [0.25, 0.3) is 0 Å². The van der Waals surface area contributed by atoms with Crippen LogP contribution in [0.15, 0.2) is 0 Å². The lowest BCUT2D eigenvalue weighted by Crippen LogP contribution is -2.18. The van der Waals surface area contributed by atoms with Crippen molar-refractivity contribution < 1.29 is 19.1 Å². The minimum absolute atomic E-state index is 0.529. The molecule has 0 fully saturated rings. The van der Waals surface area contributed by atoms with Crippen molar-refractivity contribution in [2.24, 2.45) is 0 Å². The molecular formula is C6H5NO4. The van der Waals surface area contributed by atoms with Crippen LogP contribution in [0.5, 0.6) is 0 Å². The fourth-order valence-corrected chi connectivity index (χ4v) is 0.276. The third-order valence-corrected chi connectivity index (χ3v) is 0.717. The molecule has 0 radical (unpaired) electrons. The number of esters is 2. The number of nitriles is 1. The number of hydrogen-bond acceptors (Lipinski definition) is 5. The van der Waals surface area contributed by atoms with E-state index < -0.39 is 24.1 Å². The number of Topliss-reactive ketones (excluding diaryl/α,β-unsaturated/α-hetero) is 1. The van der Waals surface area contributed by atoms with E-state index in [1.165, 1.54) is 6.07 Å². The summed E-state index contributed by atoms with van der Waals surface area (Å²) in [5.74, 6) is -3.10. The second-order valence-corrected chi connectivity index (χ2v) is 1.65. The second kappa shape index (κ2) is 4.17. The van der Waals surface area contributed by atoms with Crippen molar-refractivity contribution in [2.75, 3.05) is 0 Å². The lowest BCUT2D eigenvalue weighted by molar-refractivity contribution is -0.163. The van der Waals surface area contributed by atoms with Gasteiger partial charge in [-0.15, -0.1) is 0 Å². The van der Waals surface area contributed by atoms with Gasteiger partial charge in [-0.05, 0) is 0 Å². The van der Waals surface area contributed by atoms with Crippen molar-refractivity contribution in [3.63, 3.8) is 0 Å². The molecule has 5 nitrogen and oxygen atoms in total. The molecule has 0 aliphatic carbocycles. The van der Waals surface area contributed by atoms with E-state index in [0.29, 0.717) is 0 Å². The van der Waals surface area contributed by atoms with Crippen molar-refractivity contribution >= 4 is 17.7 Å². The first-order chi connectivity index (χ1) is 5.07. The first-order valence-electron chi connectivity index (χ1n) is 2.70. The molecule has 0 bridgehead atoms. The molecule has 0 aromatic carbocycles. The molecule has 0 aromatic rings. The Hall–Kier alpha value is -1.70. The van der Waals surface area contributed by atoms with Gasteiger partial charge >= 0.3 is 11.9 Å². The second-order valence-electron chi connectivity index (χ2n) is 1.65. The summed E-state index contributed by atoms with van der Waals surface area (Å²) in [4.78, 5) is 30.8. The summed E-state index contributed by atoms with van der Waals surface area (Å²) in [6.07, 6.45) is -0.529. The largest absolute Gasteiger partial charge is 0.386 e. The van der Waals surface area contributed by atoms with E-state index in [1.54, 1.807) is 0 Å². The topological polar surface area (TPSA) is 84.2 Å². The Labute approximate surface area is 62.6 Å². The molecule has 0 spiro atoms. The van der Waals surface area contributed by atoms with Crippen molar-refractivity contribution in [3.05, 3.63) is 0 Å². The Morgan fingerprint density at radius 2 is 2.00 bits per heavy atom. The van der Waals surface area contributed by atoms with E-state index >= 15 is 0 Å². The van der Waals surface area contributed by atoms with Gasteiger partial charge in [0.15, 0.2) is 0 Å². The summed E-state index contributed by atoms with van der Waals surface area (Å²) in [7, 11) is 0. The van der Waals surface area contributed by atoms with Crippen LogP contribution in [0.2, 0.25) is 0 Å². The van der Waals surface area contributed by atoms with Gasteiger partial charge in [0.1, 0.15) is 6.42 Å². The summed E-state index contributed by atoms with van der Waals surface area (Å²) < 4.78 is 3.90. The fourth-order valence-electron chi connectivity index (χ4n) is 0.276. The van der Waals surface area contributed by atoms with Crippen molar-refractivity contribution in [1.29, 1.82) is 5.26 Å². The summed E-state index contributed by atoms with van der Waals surface area (Å²) in [5.41, 5.74) is 0. The Kier molecular flexibility index (Phi) is 3.52. The lowest BCUT2D eigenvalue weighted by atomic mass is 10.4. The highest BCUT2D eigenvalue weighted by molar-refractivity contribution is 6.34. The molecule has 0 saturated carbocycles. The maximum absolute atomic E-state index is 10.3. The highest BCUT2D eigenvalue weighted by Gasteiger charge is 2.13. The van der Waals surface area contributed by atoms with Crippen LogP contribution < -0.4 is 0 Å². The number of carbonyl (C=O) groups is 3. The summed E-state index contributed by atoms with van der Waals surface area (Å²) >= 11 is 0. The molecular weight excluding hydrogens is 150 g/mol. The van der Waals surface area contributed by atoms with Gasteiger partial charge in [0.05, 0.1) is 6.07 Å². The first-order valence-corrected chi connectivity index (χ1v) is 2.70. The highest BCUT2D eigenvalue weighted by Crippen LogP contribution is 1.86. The van der Waals surface area contributed by atoms with Crippen LogP contribution in [0.3, 0.4) is 0 Å². The third kappa shape index (κ3) is 3.81. The highest BCUT2D eigenvalue weighted by atomic mass is 16.6. The van der Waals surface area contributed by atoms with Gasteiger partial charge in [-0.3, -0.25) is 9.59 Å². The number of rotatable bonds is 2. The van der Waals surface area contributed by atoms with Crippen LogP contribution in [-0.4, -0.2) is 17.7 Å². The van der Waals surface area contributed by atoms with Gasteiger partial charge in [-0.1, -0.05) is 0 Å². The predicted octanol–water partition coefficient (Wildman–Crippen LogP) is -0.441. The van der Waals surface area contributed by atoms with E-state index in [2.05, 4.69) is 4.74 Å². The zero-order valence-corrected chi connectivity index (χ0v) is 5.79. The number of carbonyl (C=O) groups excluding carboxylic acids is 3. The van der Waals surface area contributed by atoms with Crippen LogP contribution >= 0.6 is 0 Å². The number of ketones is 1. The molecule has 0 amide bonds. The molecule has 0 aliphatic rings. The average molecular weight is 155 g/mol.